The second kappa shape index (κ2) is 5.80. The zero-order chi connectivity index (χ0) is 13.1. The van der Waals surface area contributed by atoms with Gasteiger partial charge in [-0.2, -0.15) is 0 Å². The lowest BCUT2D eigenvalue weighted by Gasteiger charge is -2.24. The SMILES string of the molecule is OC1COc2c(cccc2OCCN2CCCC2)C1. The number of para-hydroxylation sites is 1. The summed E-state index contributed by atoms with van der Waals surface area (Å²) >= 11 is 0. The van der Waals surface area contributed by atoms with Gasteiger partial charge in [-0.25, -0.2) is 0 Å². The second-order valence-corrected chi connectivity index (χ2v) is 5.31. The maximum absolute atomic E-state index is 9.59. The molecule has 0 saturated carbocycles. The average Bonchev–Trinajstić information content (AvgIpc) is 2.92. The van der Waals surface area contributed by atoms with Crippen LogP contribution in [0, 0.1) is 0 Å². The van der Waals surface area contributed by atoms with Gasteiger partial charge in [-0.3, -0.25) is 4.90 Å². The summed E-state index contributed by atoms with van der Waals surface area (Å²) in [7, 11) is 0. The Balaban J connectivity index is 1.59. The van der Waals surface area contributed by atoms with Crippen LogP contribution in [-0.2, 0) is 6.42 Å². The van der Waals surface area contributed by atoms with Crippen molar-refractivity contribution in [2.75, 3.05) is 32.8 Å². The molecule has 19 heavy (non-hydrogen) atoms. The fourth-order valence-electron chi connectivity index (χ4n) is 2.78. The molecule has 1 aromatic rings. The Bertz CT molecular complexity index is 429. The van der Waals surface area contributed by atoms with Gasteiger partial charge in [0.2, 0.25) is 0 Å². The number of hydrogen-bond acceptors (Lipinski definition) is 4. The highest BCUT2D eigenvalue weighted by atomic mass is 16.5. The van der Waals surface area contributed by atoms with Crippen molar-refractivity contribution in [3.05, 3.63) is 23.8 Å². The van der Waals surface area contributed by atoms with Gasteiger partial charge < -0.3 is 14.6 Å². The standard InChI is InChI=1S/C15H21NO3/c17-13-10-12-4-3-5-14(15(12)19-11-13)18-9-8-16-6-1-2-7-16/h3-5,13,17H,1-2,6-11H2. The van der Waals surface area contributed by atoms with Crippen molar-refractivity contribution < 1.29 is 14.6 Å². The van der Waals surface area contributed by atoms with Crippen LogP contribution in [0.2, 0.25) is 0 Å². The van der Waals surface area contributed by atoms with Gasteiger partial charge in [-0.15, -0.1) is 0 Å². The van der Waals surface area contributed by atoms with Gasteiger partial charge >= 0.3 is 0 Å². The van der Waals surface area contributed by atoms with Gasteiger partial charge in [0.05, 0.1) is 6.10 Å². The summed E-state index contributed by atoms with van der Waals surface area (Å²) in [5.41, 5.74) is 1.04. The molecule has 1 unspecified atom stereocenters. The molecule has 1 atom stereocenters. The first-order valence-corrected chi connectivity index (χ1v) is 7.11. The van der Waals surface area contributed by atoms with E-state index in [4.69, 9.17) is 9.47 Å². The van der Waals surface area contributed by atoms with E-state index in [1.165, 1.54) is 25.9 Å². The van der Waals surface area contributed by atoms with Crippen molar-refractivity contribution in [2.45, 2.75) is 25.4 Å². The number of rotatable bonds is 4. The van der Waals surface area contributed by atoms with Crippen molar-refractivity contribution in [1.82, 2.24) is 4.90 Å². The zero-order valence-corrected chi connectivity index (χ0v) is 11.2. The summed E-state index contributed by atoms with van der Waals surface area (Å²) in [4.78, 5) is 2.43. The van der Waals surface area contributed by atoms with Gasteiger partial charge in [-0.1, -0.05) is 12.1 Å². The summed E-state index contributed by atoms with van der Waals surface area (Å²) in [6.07, 6.45) is 2.87. The van der Waals surface area contributed by atoms with Crippen molar-refractivity contribution in [2.24, 2.45) is 0 Å². The first-order chi connectivity index (χ1) is 9.33. The minimum atomic E-state index is -0.396. The lowest BCUT2D eigenvalue weighted by Crippen LogP contribution is -2.27. The van der Waals surface area contributed by atoms with Crippen LogP contribution in [0.5, 0.6) is 11.5 Å². The lowest BCUT2D eigenvalue weighted by molar-refractivity contribution is 0.0887. The summed E-state index contributed by atoms with van der Waals surface area (Å²) in [6.45, 7) is 4.42. The Morgan fingerprint density at radius 3 is 3.00 bits per heavy atom. The Morgan fingerprint density at radius 2 is 2.16 bits per heavy atom. The number of ether oxygens (including phenoxy) is 2. The smallest absolute Gasteiger partial charge is 0.164 e. The Morgan fingerprint density at radius 1 is 1.32 bits per heavy atom. The number of fused-ring (bicyclic) bond motifs is 1. The van der Waals surface area contributed by atoms with Crippen LogP contribution in [0.3, 0.4) is 0 Å². The van der Waals surface area contributed by atoms with Gasteiger partial charge in [0.15, 0.2) is 11.5 Å². The Hall–Kier alpha value is -1.26. The van der Waals surface area contributed by atoms with E-state index in [2.05, 4.69) is 4.90 Å². The van der Waals surface area contributed by atoms with E-state index in [1.54, 1.807) is 0 Å². The number of aliphatic hydroxyl groups excluding tert-OH is 1. The lowest BCUT2D eigenvalue weighted by atomic mass is 10.0. The number of aliphatic hydroxyl groups is 1. The van der Waals surface area contributed by atoms with Crippen molar-refractivity contribution in [1.29, 1.82) is 0 Å². The molecule has 2 aliphatic rings. The molecule has 1 saturated heterocycles. The molecule has 104 valence electrons. The van der Waals surface area contributed by atoms with Gasteiger partial charge in [0.25, 0.3) is 0 Å². The highest BCUT2D eigenvalue weighted by Gasteiger charge is 2.21. The average molecular weight is 263 g/mol. The van der Waals surface area contributed by atoms with E-state index in [1.807, 2.05) is 18.2 Å². The maximum Gasteiger partial charge on any atom is 0.164 e. The first-order valence-electron chi connectivity index (χ1n) is 7.11. The molecule has 0 radical (unpaired) electrons. The van der Waals surface area contributed by atoms with Crippen molar-refractivity contribution in [3.8, 4) is 11.5 Å². The largest absolute Gasteiger partial charge is 0.488 e. The highest BCUT2D eigenvalue weighted by molar-refractivity contribution is 5.47. The van der Waals surface area contributed by atoms with Gasteiger partial charge in [0.1, 0.15) is 13.2 Å². The van der Waals surface area contributed by atoms with E-state index in [9.17, 15) is 5.11 Å². The Kier molecular flexibility index (Phi) is 3.89. The summed E-state index contributed by atoms with van der Waals surface area (Å²) in [5.74, 6) is 1.62. The Labute approximate surface area is 113 Å². The minimum absolute atomic E-state index is 0.361. The summed E-state index contributed by atoms with van der Waals surface area (Å²) in [5, 5.41) is 9.59. The number of hydrogen-bond donors (Lipinski definition) is 1. The van der Waals surface area contributed by atoms with Gasteiger partial charge in [0, 0.05) is 18.5 Å². The van der Waals surface area contributed by atoms with Gasteiger partial charge in [-0.05, 0) is 32.0 Å². The fourth-order valence-corrected chi connectivity index (χ4v) is 2.78. The number of likely N-dealkylation sites (tertiary alicyclic amines) is 1. The molecule has 0 bridgehead atoms. The van der Waals surface area contributed by atoms with E-state index < -0.39 is 6.10 Å². The fraction of sp³-hybridized carbons (Fsp3) is 0.600. The molecule has 1 aromatic carbocycles. The minimum Gasteiger partial charge on any atom is -0.488 e. The van der Waals surface area contributed by atoms with Crippen LogP contribution in [0.25, 0.3) is 0 Å². The summed E-state index contributed by atoms with van der Waals surface area (Å²) in [6, 6.07) is 5.90. The molecule has 1 fully saturated rings. The molecule has 2 aliphatic heterocycles. The quantitative estimate of drug-likeness (QED) is 0.893. The third-order valence-corrected chi connectivity index (χ3v) is 3.80. The molecular formula is C15H21NO3. The normalized spacial score (nSPS) is 22.9. The monoisotopic (exact) mass is 263 g/mol. The molecule has 4 heteroatoms. The van der Waals surface area contributed by atoms with Crippen LogP contribution in [0.1, 0.15) is 18.4 Å². The van der Waals surface area contributed by atoms with E-state index in [0.29, 0.717) is 19.6 Å². The van der Waals surface area contributed by atoms with Crippen LogP contribution in [-0.4, -0.2) is 49.0 Å². The second-order valence-electron chi connectivity index (χ2n) is 5.31. The molecule has 0 spiro atoms. The predicted molar refractivity (Wildman–Crippen MR) is 72.8 cm³/mol. The van der Waals surface area contributed by atoms with Crippen LogP contribution >= 0.6 is 0 Å². The maximum atomic E-state index is 9.59. The molecule has 0 amide bonds. The van der Waals surface area contributed by atoms with Crippen molar-refractivity contribution >= 4 is 0 Å². The third-order valence-electron chi connectivity index (χ3n) is 3.80. The summed E-state index contributed by atoms with van der Waals surface area (Å²) < 4.78 is 11.5. The van der Waals surface area contributed by atoms with E-state index in [0.717, 1.165) is 23.6 Å². The van der Waals surface area contributed by atoms with Crippen molar-refractivity contribution in [3.63, 3.8) is 0 Å². The van der Waals surface area contributed by atoms with E-state index >= 15 is 0 Å². The topological polar surface area (TPSA) is 41.9 Å². The molecule has 1 N–H and O–H groups in total. The molecule has 0 aliphatic carbocycles. The van der Waals surface area contributed by atoms with Crippen LogP contribution in [0.4, 0.5) is 0 Å². The van der Waals surface area contributed by atoms with Crippen LogP contribution < -0.4 is 9.47 Å². The third kappa shape index (κ3) is 3.01. The number of benzene rings is 1. The molecular weight excluding hydrogens is 242 g/mol. The first kappa shape index (κ1) is 12.8. The number of nitrogens with zero attached hydrogens (tertiary/aromatic N) is 1. The van der Waals surface area contributed by atoms with E-state index in [-0.39, 0.29) is 0 Å². The predicted octanol–water partition coefficient (Wildman–Crippen LogP) is 1.46. The molecule has 0 aromatic heterocycles. The molecule has 2 heterocycles. The molecule has 3 rings (SSSR count). The molecule has 4 nitrogen and oxygen atoms in total. The van der Waals surface area contributed by atoms with Crippen LogP contribution in [0.15, 0.2) is 18.2 Å². The zero-order valence-electron chi connectivity index (χ0n) is 11.2. The highest BCUT2D eigenvalue weighted by Crippen LogP contribution is 2.34.